The van der Waals surface area contributed by atoms with Crippen LogP contribution in [0.5, 0.6) is 0 Å². The summed E-state index contributed by atoms with van der Waals surface area (Å²) in [5.41, 5.74) is 6.57. The van der Waals surface area contributed by atoms with E-state index in [1.165, 1.54) is 0 Å². The maximum Gasteiger partial charge on any atom is 0.225 e. The van der Waals surface area contributed by atoms with Gasteiger partial charge in [-0.15, -0.1) is 5.10 Å². The Kier molecular flexibility index (Phi) is 2.60. The first-order valence-electron chi connectivity index (χ1n) is 4.72. The van der Waals surface area contributed by atoms with Crippen LogP contribution < -0.4 is 5.73 Å². The predicted octanol–water partition coefficient (Wildman–Crippen LogP) is 0.456. The Balaban J connectivity index is 2.41. The number of aromatic nitrogens is 5. The number of hydrogen-bond acceptors (Lipinski definition) is 4. The Morgan fingerprint density at radius 3 is 3.06 bits per heavy atom. The molecular formula is C10H11N6. The molecule has 2 heterocycles. The zero-order valence-corrected chi connectivity index (χ0v) is 8.86. The van der Waals surface area contributed by atoms with Gasteiger partial charge in [-0.3, -0.25) is 5.10 Å². The summed E-state index contributed by atoms with van der Waals surface area (Å²) in [6.45, 7) is 5.91. The van der Waals surface area contributed by atoms with Crippen LogP contribution in [0.15, 0.2) is 6.20 Å². The molecule has 81 valence electrons. The van der Waals surface area contributed by atoms with Crippen molar-refractivity contribution in [3.05, 3.63) is 18.9 Å². The van der Waals surface area contributed by atoms with Gasteiger partial charge in [0.25, 0.3) is 0 Å². The average Bonchev–Trinajstić information content (AvgIpc) is 2.85. The van der Waals surface area contributed by atoms with Crippen LogP contribution in [0.3, 0.4) is 0 Å². The van der Waals surface area contributed by atoms with Crippen molar-refractivity contribution in [2.24, 2.45) is 0 Å². The molecule has 0 unspecified atom stereocenters. The van der Waals surface area contributed by atoms with Crippen LogP contribution in [0, 0.1) is 18.8 Å². The van der Waals surface area contributed by atoms with Crippen LogP contribution in [0.4, 0.5) is 5.82 Å². The van der Waals surface area contributed by atoms with Gasteiger partial charge in [0.15, 0.2) is 5.82 Å². The average molecular weight is 215 g/mol. The van der Waals surface area contributed by atoms with Crippen LogP contribution in [0.1, 0.15) is 12.7 Å². The minimum atomic E-state index is 0.444. The van der Waals surface area contributed by atoms with Crippen molar-refractivity contribution in [3.63, 3.8) is 0 Å². The van der Waals surface area contributed by atoms with E-state index in [1.54, 1.807) is 17.8 Å². The van der Waals surface area contributed by atoms with Gasteiger partial charge in [0.1, 0.15) is 5.82 Å². The molecular weight excluding hydrogens is 204 g/mol. The number of nitrogens with zero attached hydrogens (tertiary/aromatic N) is 4. The highest BCUT2D eigenvalue weighted by atomic mass is 15.3. The molecule has 2 aromatic heterocycles. The summed E-state index contributed by atoms with van der Waals surface area (Å²) in [7, 11) is 0. The van der Waals surface area contributed by atoms with Crippen LogP contribution in [-0.2, 0) is 6.54 Å². The van der Waals surface area contributed by atoms with Crippen molar-refractivity contribution in [1.29, 1.82) is 0 Å². The number of nitrogen functional groups attached to an aromatic ring is 1. The lowest BCUT2D eigenvalue weighted by Crippen LogP contribution is -2.02. The van der Waals surface area contributed by atoms with Gasteiger partial charge in [0.2, 0.25) is 5.82 Å². The topological polar surface area (TPSA) is 85.4 Å². The second-order valence-electron chi connectivity index (χ2n) is 3.05. The predicted molar refractivity (Wildman–Crippen MR) is 59.9 cm³/mol. The summed E-state index contributed by atoms with van der Waals surface area (Å²) < 4.78 is 1.59. The van der Waals surface area contributed by atoms with Crippen molar-refractivity contribution in [1.82, 2.24) is 25.0 Å². The van der Waals surface area contributed by atoms with Crippen LogP contribution in [0.2, 0.25) is 0 Å². The van der Waals surface area contributed by atoms with Gasteiger partial charge >= 0.3 is 0 Å². The van der Waals surface area contributed by atoms with E-state index in [1.807, 2.05) is 0 Å². The van der Waals surface area contributed by atoms with E-state index in [0.717, 1.165) is 0 Å². The fraction of sp³-hybridized carbons (Fsp3) is 0.200. The third-order valence-electron chi connectivity index (χ3n) is 2.07. The second kappa shape index (κ2) is 4.06. The van der Waals surface area contributed by atoms with Crippen molar-refractivity contribution >= 4 is 5.82 Å². The van der Waals surface area contributed by atoms with E-state index in [0.29, 0.717) is 29.6 Å². The molecule has 0 saturated carbocycles. The molecule has 6 heteroatoms. The minimum Gasteiger partial charge on any atom is -0.383 e. The van der Waals surface area contributed by atoms with Crippen molar-refractivity contribution in [3.8, 4) is 23.2 Å². The summed E-state index contributed by atoms with van der Waals surface area (Å²) in [4.78, 5) is 4.18. The summed E-state index contributed by atoms with van der Waals surface area (Å²) in [6.07, 6.45) is 1.63. The molecule has 0 aliphatic rings. The Labute approximate surface area is 92.9 Å². The molecule has 0 bridgehead atoms. The van der Waals surface area contributed by atoms with Gasteiger partial charge in [0, 0.05) is 6.54 Å². The van der Waals surface area contributed by atoms with Gasteiger partial charge < -0.3 is 5.73 Å². The Hall–Kier alpha value is -2.29. The monoisotopic (exact) mass is 215 g/mol. The third-order valence-corrected chi connectivity index (χ3v) is 2.07. The quantitative estimate of drug-likeness (QED) is 0.712. The number of rotatable bonds is 2. The highest BCUT2D eigenvalue weighted by Crippen LogP contribution is 2.21. The van der Waals surface area contributed by atoms with Crippen LogP contribution in [0.25, 0.3) is 11.4 Å². The molecule has 2 aromatic rings. The smallest absolute Gasteiger partial charge is 0.225 e. The lowest BCUT2D eigenvalue weighted by Gasteiger charge is -1.98. The maximum atomic E-state index is 5.87. The minimum absolute atomic E-state index is 0.444. The molecule has 16 heavy (non-hydrogen) atoms. The summed E-state index contributed by atoms with van der Waals surface area (Å²) in [6, 6.07) is 0. The molecule has 1 radical (unpaired) electrons. The zero-order valence-electron chi connectivity index (χ0n) is 8.86. The first-order chi connectivity index (χ1) is 7.76. The number of anilines is 1. The molecule has 0 aliphatic carbocycles. The van der Waals surface area contributed by atoms with Crippen molar-refractivity contribution in [2.75, 3.05) is 5.73 Å². The van der Waals surface area contributed by atoms with E-state index in [4.69, 9.17) is 5.73 Å². The molecule has 0 amide bonds. The van der Waals surface area contributed by atoms with E-state index in [-0.39, 0.29) is 0 Å². The molecule has 0 atom stereocenters. The summed E-state index contributed by atoms with van der Waals surface area (Å²) in [5, 5.41) is 10.8. The normalized spacial score (nSPS) is 9.88. The van der Waals surface area contributed by atoms with Gasteiger partial charge in [-0.25, -0.2) is 4.68 Å². The van der Waals surface area contributed by atoms with E-state index >= 15 is 0 Å². The summed E-state index contributed by atoms with van der Waals surface area (Å²) >= 11 is 0. The Morgan fingerprint density at radius 2 is 2.44 bits per heavy atom. The SMILES string of the molecule is [CH2]Cn1ncc(-c2nc(C#CC)n[nH]2)c1N. The first kappa shape index (κ1) is 10.2. The standard InChI is InChI=1S/C10H11N6/c1-3-5-8-13-10(15-14-8)7-6-12-16(4-2)9(7)11/h6H,2,4,11H2,1H3,(H,13,14,15). The van der Waals surface area contributed by atoms with Crippen LogP contribution >= 0.6 is 0 Å². The molecule has 6 nitrogen and oxygen atoms in total. The molecule has 0 saturated heterocycles. The van der Waals surface area contributed by atoms with Crippen LogP contribution in [-0.4, -0.2) is 25.0 Å². The molecule has 0 fully saturated rings. The molecule has 0 spiro atoms. The van der Waals surface area contributed by atoms with Crippen molar-refractivity contribution < 1.29 is 0 Å². The van der Waals surface area contributed by atoms with Crippen molar-refractivity contribution in [2.45, 2.75) is 13.5 Å². The number of aromatic amines is 1. The molecule has 2 rings (SSSR count). The fourth-order valence-electron chi connectivity index (χ4n) is 1.31. The zero-order chi connectivity index (χ0) is 11.5. The van der Waals surface area contributed by atoms with E-state index < -0.39 is 0 Å². The van der Waals surface area contributed by atoms with E-state index in [9.17, 15) is 0 Å². The lowest BCUT2D eigenvalue weighted by molar-refractivity contribution is 0.710. The number of hydrogen-bond donors (Lipinski definition) is 2. The largest absolute Gasteiger partial charge is 0.383 e. The van der Waals surface area contributed by atoms with Gasteiger partial charge in [-0.2, -0.15) is 10.1 Å². The molecule has 3 N–H and O–H groups in total. The fourth-order valence-corrected chi connectivity index (χ4v) is 1.31. The third kappa shape index (κ3) is 1.63. The number of H-pyrrole nitrogens is 1. The maximum absolute atomic E-state index is 5.87. The number of nitrogens with one attached hydrogen (secondary N) is 1. The molecule has 0 aromatic carbocycles. The summed E-state index contributed by atoms with van der Waals surface area (Å²) in [5.74, 6) is 7.00. The van der Waals surface area contributed by atoms with E-state index in [2.05, 4.69) is 39.0 Å². The van der Waals surface area contributed by atoms with Gasteiger partial charge in [0.05, 0.1) is 11.8 Å². The van der Waals surface area contributed by atoms with Gasteiger partial charge in [-0.1, -0.05) is 5.92 Å². The Morgan fingerprint density at radius 1 is 1.62 bits per heavy atom. The molecule has 0 aliphatic heterocycles. The van der Waals surface area contributed by atoms with Gasteiger partial charge in [-0.05, 0) is 19.8 Å². The lowest BCUT2D eigenvalue weighted by atomic mass is 10.3. The Bertz CT molecular complexity index is 553. The highest BCUT2D eigenvalue weighted by Gasteiger charge is 2.12. The number of nitrogens with two attached hydrogens (primary N) is 1. The highest BCUT2D eigenvalue weighted by molar-refractivity contribution is 5.67. The second-order valence-corrected chi connectivity index (χ2v) is 3.05. The first-order valence-corrected chi connectivity index (χ1v) is 4.72.